The SMILES string of the molecule is Clc1ccc(-c2onc3cc(-n4cccc4C4OCCO4)ccc23)cc1. The number of hydrogen-bond acceptors (Lipinski definition) is 4. The van der Waals surface area contributed by atoms with E-state index in [1.54, 1.807) is 0 Å². The molecule has 1 aliphatic rings. The van der Waals surface area contributed by atoms with E-state index in [1.165, 1.54) is 0 Å². The van der Waals surface area contributed by atoms with Crippen molar-refractivity contribution < 1.29 is 14.0 Å². The third kappa shape index (κ3) is 2.61. The Morgan fingerprint density at radius 3 is 2.62 bits per heavy atom. The van der Waals surface area contributed by atoms with Gasteiger partial charge < -0.3 is 18.6 Å². The second-order valence-electron chi connectivity index (χ2n) is 6.10. The summed E-state index contributed by atoms with van der Waals surface area (Å²) < 4.78 is 18.9. The summed E-state index contributed by atoms with van der Waals surface area (Å²) in [6.45, 7) is 1.23. The van der Waals surface area contributed by atoms with Gasteiger partial charge in [0.05, 0.1) is 18.9 Å². The molecular weight excluding hydrogens is 352 g/mol. The van der Waals surface area contributed by atoms with Crippen molar-refractivity contribution >= 4 is 22.5 Å². The van der Waals surface area contributed by atoms with Crippen LogP contribution in [0.3, 0.4) is 0 Å². The number of nitrogens with zero attached hydrogens (tertiary/aromatic N) is 2. The Morgan fingerprint density at radius 1 is 1.00 bits per heavy atom. The Morgan fingerprint density at radius 2 is 1.81 bits per heavy atom. The third-order valence-corrected chi connectivity index (χ3v) is 4.74. The molecule has 0 radical (unpaired) electrons. The van der Waals surface area contributed by atoms with Crippen LogP contribution in [0.2, 0.25) is 5.02 Å². The molecule has 0 aliphatic carbocycles. The number of ether oxygens (including phenoxy) is 2. The van der Waals surface area contributed by atoms with Crippen LogP contribution in [-0.2, 0) is 9.47 Å². The number of fused-ring (bicyclic) bond motifs is 1. The first kappa shape index (κ1) is 15.6. The lowest BCUT2D eigenvalue weighted by atomic mass is 10.1. The summed E-state index contributed by atoms with van der Waals surface area (Å²) in [7, 11) is 0. The van der Waals surface area contributed by atoms with Gasteiger partial charge in [-0.15, -0.1) is 0 Å². The highest BCUT2D eigenvalue weighted by atomic mass is 35.5. The fraction of sp³-hybridized carbons (Fsp3) is 0.150. The van der Waals surface area contributed by atoms with Crippen LogP contribution in [-0.4, -0.2) is 22.9 Å². The summed E-state index contributed by atoms with van der Waals surface area (Å²) in [6, 6.07) is 17.6. The van der Waals surface area contributed by atoms with E-state index in [-0.39, 0.29) is 6.29 Å². The lowest BCUT2D eigenvalue weighted by Gasteiger charge is -2.13. The maximum Gasteiger partial charge on any atom is 0.199 e. The molecule has 0 saturated carbocycles. The molecule has 0 N–H and O–H groups in total. The van der Waals surface area contributed by atoms with E-state index in [9.17, 15) is 0 Å². The molecule has 1 aliphatic heterocycles. The molecule has 130 valence electrons. The van der Waals surface area contributed by atoms with Gasteiger partial charge in [-0.3, -0.25) is 0 Å². The zero-order valence-corrected chi connectivity index (χ0v) is 14.5. The van der Waals surface area contributed by atoms with Gasteiger partial charge in [0, 0.05) is 27.9 Å². The van der Waals surface area contributed by atoms with Gasteiger partial charge in [-0.25, -0.2) is 0 Å². The smallest absolute Gasteiger partial charge is 0.199 e. The normalized spacial score (nSPS) is 15.1. The maximum absolute atomic E-state index is 5.97. The van der Waals surface area contributed by atoms with Gasteiger partial charge in [-0.05, 0) is 54.6 Å². The Hall–Kier alpha value is -2.60. The molecule has 3 heterocycles. The molecule has 1 saturated heterocycles. The van der Waals surface area contributed by atoms with Crippen LogP contribution >= 0.6 is 11.6 Å². The van der Waals surface area contributed by atoms with Gasteiger partial charge in [-0.2, -0.15) is 0 Å². The highest BCUT2D eigenvalue weighted by Gasteiger charge is 2.22. The topological polar surface area (TPSA) is 49.4 Å². The summed E-state index contributed by atoms with van der Waals surface area (Å²) >= 11 is 5.97. The Balaban J connectivity index is 1.56. The molecule has 0 spiro atoms. The largest absolute Gasteiger partial charge is 0.355 e. The van der Waals surface area contributed by atoms with Crippen molar-refractivity contribution in [1.29, 1.82) is 0 Å². The van der Waals surface area contributed by atoms with Gasteiger partial charge in [0.25, 0.3) is 0 Å². The first-order valence-corrected chi connectivity index (χ1v) is 8.73. The first-order chi connectivity index (χ1) is 12.8. The predicted octanol–water partition coefficient (Wildman–Crippen LogP) is 4.98. The van der Waals surface area contributed by atoms with Gasteiger partial charge in [0.15, 0.2) is 12.1 Å². The van der Waals surface area contributed by atoms with E-state index in [0.29, 0.717) is 18.2 Å². The van der Waals surface area contributed by atoms with Crippen LogP contribution in [0.5, 0.6) is 0 Å². The van der Waals surface area contributed by atoms with E-state index >= 15 is 0 Å². The van der Waals surface area contributed by atoms with Crippen molar-refractivity contribution in [1.82, 2.24) is 9.72 Å². The fourth-order valence-corrected chi connectivity index (χ4v) is 3.37. The molecule has 0 amide bonds. The highest BCUT2D eigenvalue weighted by Crippen LogP contribution is 2.32. The Bertz CT molecular complexity index is 1060. The van der Waals surface area contributed by atoms with E-state index in [2.05, 4.69) is 5.16 Å². The fourth-order valence-electron chi connectivity index (χ4n) is 3.24. The summed E-state index contributed by atoms with van der Waals surface area (Å²) in [5.74, 6) is 0.735. The van der Waals surface area contributed by atoms with Gasteiger partial charge in [0.2, 0.25) is 0 Å². The minimum Gasteiger partial charge on any atom is -0.355 e. The van der Waals surface area contributed by atoms with E-state index in [0.717, 1.165) is 33.6 Å². The average Bonchev–Trinajstić information content (AvgIpc) is 3.41. The first-order valence-electron chi connectivity index (χ1n) is 8.36. The molecular formula is C20H15ClN2O3. The lowest BCUT2D eigenvalue weighted by molar-refractivity contribution is -0.0483. The standard InChI is InChI=1S/C20H15ClN2O3/c21-14-5-3-13(4-6-14)19-16-8-7-15(12-17(16)22-26-19)23-9-1-2-18(23)20-24-10-11-25-20/h1-9,12,20H,10-11H2. The molecule has 26 heavy (non-hydrogen) atoms. The molecule has 1 fully saturated rings. The molecule has 2 aromatic carbocycles. The molecule has 0 atom stereocenters. The van der Waals surface area contributed by atoms with Crippen LogP contribution < -0.4 is 0 Å². The average molecular weight is 367 g/mol. The number of rotatable bonds is 3. The molecule has 4 aromatic rings. The van der Waals surface area contributed by atoms with E-state index < -0.39 is 0 Å². The monoisotopic (exact) mass is 366 g/mol. The third-order valence-electron chi connectivity index (χ3n) is 4.49. The minimum atomic E-state index is -0.331. The number of benzene rings is 2. The van der Waals surface area contributed by atoms with Crippen LogP contribution in [0.15, 0.2) is 65.3 Å². The maximum atomic E-state index is 5.97. The lowest BCUT2D eigenvalue weighted by Crippen LogP contribution is -2.06. The van der Waals surface area contributed by atoms with Crippen LogP contribution in [0.4, 0.5) is 0 Å². The van der Waals surface area contributed by atoms with Crippen molar-refractivity contribution in [3.05, 3.63) is 71.5 Å². The Kier molecular flexibility index (Phi) is 3.78. The van der Waals surface area contributed by atoms with Crippen molar-refractivity contribution in [2.24, 2.45) is 0 Å². The zero-order valence-electron chi connectivity index (χ0n) is 13.8. The minimum absolute atomic E-state index is 0.331. The van der Waals surface area contributed by atoms with Gasteiger partial charge in [-0.1, -0.05) is 16.8 Å². The van der Waals surface area contributed by atoms with Gasteiger partial charge >= 0.3 is 0 Å². The molecule has 6 heteroatoms. The van der Waals surface area contributed by atoms with E-state index in [1.807, 2.05) is 65.4 Å². The van der Waals surface area contributed by atoms with Crippen molar-refractivity contribution in [3.8, 4) is 17.0 Å². The van der Waals surface area contributed by atoms with E-state index in [4.69, 9.17) is 25.6 Å². The second kappa shape index (κ2) is 6.29. The van der Waals surface area contributed by atoms with Crippen molar-refractivity contribution in [2.45, 2.75) is 6.29 Å². The molecule has 5 nitrogen and oxygen atoms in total. The Labute approximate surface area is 154 Å². The highest BCUT2D eigenvalue weighted by molar-refractivity contribution is 6.30. The molecule has 0 unspecified atom stereocenters. The van der Waals surface area contributed by atoms with Crippen LogP contribution in [0, 0.1) is 0 Å². The zero-order chi connectivity index (χ0) is 17.5. The summed E-state index contributed by atoms with van der Waals surface area (Å²) in [6.07, 6.45) is 1.66. The predicted molar refractivity (Wildman–Crippen MR) is 98.4 cm³/mol. The van der Waals surface area contributed by atoms with Crippen LogP contribution in [0.25, 0.3) is 27.9 Å². The van der Waals surface area contributed by atoms with Gasteiger partial charge in [0.1, 0.15) is 5.52 Å². The quantitative estimate of drug-likeness (QED) is 0.513. The summed E-state index contributed by atoms with van der Waals surface area (Å²) in [5.41, 5.74) is 3.68. The molecule has 0 bridgehead atoms. The number of halogens is 1. The second-order valence-corrected chi connectivity index (χ2v) is 6.53. The van der Waals surface area contributed by atoms with Crippen LogP contribution in [0.1, 0.15) is 12.0 Å². The van der Waals surface area contributed by atoms with Crippen molar-refractivity contribution in [2.75, 3.05) is 13.2 Å². The summed E-state index contributed by atoms with van der Waals surface area (Å²) in [5, 5.41) is 5.88. The van der Waals surface area contributed by atoms with Crippen molar-refractivity contribution in [3.63, 3.8) is 0 Å². The number of hydrogen-bond donors (Lipinski definition) is 0. The molecule has 5 rings (SSSR count). The molecule has 2 aromatic heterocycles. The summed E-state index contributed by atoms with van der Waals surface area (Å²) in [4.78, 5) is 0. The number of aromatic nitrogens is 2.